The highest BCUT2D eigenvalue weighted by molar-refractivity contribution is 5.83. The second-order valence-corrected chi connectivity index (χ2v) is 6.74. The van der Waals surface area contributed by atoms with E-state index in [0.29, 0.717) is 24.3 Å². The van der Waals surface area contributed by atoms with E-state index in [1.54, 1.807) is 18.3 Å². The monoisotopic (exact) mass is 359 g/mol. The molecule has 5 heteroatoms. The fourth-order valence-electron chi connectivity index (χ4n) is 3.60. The van der Waals surface area contributed by atoms with Crippen LogP contribution in [0.1, 0.15) is 35.2 Å². The van der Waals surface area contributed by atoms with Gasteiger partial charge in [-0.1, -0.05) is 48.6 Å². The Balaban J connectivity index is 1.88. The number of carbonyl (C=O) groups is 1. The van der Waals surface area contributed by atoms with E-state index in [2.05, 4.69) is 17.1 Å². The zero-order valence-corrected chi connectivity index (χ0v) is 15.0. The van der Waals surface area contributed by atoms with Crippen molar-refractivity contribution in [3.63, 3.8) is 0 Å². The lowest BCUT2D eigenvalue weighted by atomic mass is 10.00. The molecule has 3 aromatic rings. The van der Waals surface area contributed by atoms with Gasteiger partial charge in [0.1, 0.15) is 17.0 Å². The first-order valence-electron chi connectivity index (χ1n) is 9.22. The number of fused-ring (bicyclic) bond motifs is 1. The predicted molar refractivity (Wildman–Crippen MR) is 106 cm³/mol. The molecule has 2 heterocycles. The number of nitrogens with zero attached hydrogens (tertiary/aromatic N) is 3. The van der Waals surface area contributed by atoms with Crippen molar-refractivity contribution in [1.82, 2.24) is 9.38 Å². The highest BCUT2D eigenvalue weighted by atomic mass is 16.1. The molecule has 0 saturated heterocycles. The summed E-state index contributed by atoms with van der Waals surface area (Å²) in [6, 6.07) is 15.6. The first-order valence-corrected chi connectivity index (χ1v) is 9.22. The summed E-state index contributed by atoms with van der Waals surface area (Å²) in [6.07, 6.45) is 9.71. The average Bonchev–Trinajstić information content (AvgIpc) is 2.73. The summed E-state index contributed by atoms with van der Waals surface area (Å²) >= 11 is 0. The topological polar surface area (TPSA) is 54.7 Å². The van der Waals surface area contributed by atoms with Crippen LogP contribution < -0.4 is 10.5 Å². The SMILES string of the molecule is O=Cc1c(N(Cc2ccccc2)C2C=CCCC2)nc2ccccn2c1=O. The number of pyridine rings is 1. The van der Waals surface area contributed by atoms with Crippen molar-refractivity contribution in [2.75, 3.05) is 4.90 Å². The van der Waals surface area contributed by atoms with Crippen molar-refractivity contribution in [2.45, 2.75) is 31.8 Å². The maximum absolute atomic E-state index is 12.9. The van der Waals surface area contributed by atoms with Crippen LogP contribution in [-0.2, 0) is 6.54 Å². The summed E-state index contributed by atoms with van der Waals surface area (Å²) in [5.74, 6) is 0.460. The lowest BCUT2D eigenvalue weighted by Gasteiger charge is -2.33. The quantitative estimate of drug-likeness (QED) is 0.516. The molecule has 0 fully saturated rings. The number of rotatable bonds is 5. The van der Waals surface area contributed by atoms with Gasteiger partial charge in [0.15, 0.2) is 6.29 Å². The summed E-state index contributed by atoms with van der Waals surface area (Å²) in [7, 11) is 0. The summed E-state index contributed by atoms with van der Waals surface area (Å²) in [5, 5.41) is 0. The van der Waals surface area contributed by atoms with Gasteiger partial charge in [-0.05, 0) is 37.0 Å². The summed E-state index contributed by atoms with van der Waals surface area (Å²) in [4.78, 5) is 31.5. The Morgan fingerprint density at radius 1 is 1.15 bits per heavy atom. The van der Waals surface area contributed by atoms with Crippen molar-refractivity contribution in [2.24, 2.45) is 0 Å². The molecule has 0 spiro atoms. The Bertz CT molecular complexity index is 1040. The molecule has 5 nitrogen and oxygen atoms in total. The maximum atomic E-state index is 12.9. The van der Waals surface area contributed by atoms with Crippen molar-refractivity contribution in [1.29, 1.82) is 0 Å². The second kappa shape index (κ2) is 7.58. The van der Waals surface area contributed by atoms with Crippen molar-refractivity contribution >= 4 is 17.8 Å². The molecule has 1 aromatic carbocycles. The van der Waals surface area contributed by atoms with E-state index in [9.17, 15) is 9.59 Å². The van der Waals surface area contributed by atoms with Crippen LogP contribution in [-0.4, -0.2) is 21.7 Å². The van der Waals surface area contributed by atoms with Gasteiger partial charge in [-0.2, -0.15) is 0 Å². The lowest BCUT2D eigenvalue weighted by Crippen LogP contribution is -2.38. The Kier molecular flexibility index (Phi) is 4.83. The lowest BCUT2D eigenvalue weighted by molar-refractivity contribution is 0.112. The Morgan fingerprint density at radius 3 is 2.70 bits per heavy atom. The molecule has 0 bridgehead atoms. The Labute approximate surface area is 157 Å². The van der Waals surface area contributed by atoms with Crippen molar-refractivity contribution in [3.05, 3.63) is 88.4 Å². The normalized spacial score (nSPS) is 16.4. The molecule has 1 atom stereocenters. The highest BCUT2D eigenvalue weighted by Gasteiger charge is 2.24. The van der Waals surface area contributed by atoms with Gasteiger partial charge in [0, 0.05) is 18.8 Å². The molecule has 1 aliphatic rings. The van der Waals surface area contributed by atoms with Gasteiger partial charge in [0.05, 0.1) is 0 Å². The summed E-state index contributed by atoms with van der Waals surface area (Å²) in [6.45, 7) is 0.589. The standard InChI is InChI=1S/C22H21N3O2/c26-16-19-21(23-20-13-7-8-14-24(20)22(19)27)25(18-11-5-2-6-12-18)15-17-9-3-1-4-10-17/h1,3-5,7-11,13-14,16,18H,2,6,12,15H2. The number of aromatic nitrogens is 2. The molecular formula is C22H21N3O2. The van der Waals surface area contributed by atoms with E-state index in [-0.39, 0.29) is 17.2 Å². The van der Waals surface area contributed by atoms with Crippen LogP contribution in [0, 0.1) is 0 Å². The third-order valence-electron chi connectivity index (χ3n) is 4.96. The first kappa shape index (κ1) is 17.2. The number of benzene rings is 1. The average molecular weight is 359 g/mol. The van der Waals surface area contributed by atoms with Gasteiger partial charge in [-0.25, -0.2) is 4.98 Å². The van der Waals surface area contributed by atoms with E-state index in [4.69, 9.17) is 4.98 Å². The number of allylic oxidation sites excluding steroid dienone is 1. The zero-order chi connectivity index (χ0) is 18.6. The minimum absolute atomic E-state index is 0.105. The molecule has 0 N–H and O–H groups in total. The molecule has 0 aliphatic heterocycles. The van der Waals surface area contributed by atoms with Crippen LogP contribution in [0.5, 0.6) is 0 Å². The third-order valence-corrected chi connectivity index (χ3v) is 4.96. The molecule has 0 radical (unpaired) electrons. The van der Waals surface area contributed by atoms with Crippen LogP contribution in [0.25, 0.3) is 5.65 Å². The van der Waals surface area contributed by atoms with E-state index < -0.39 is 0 Å². The highest BCUT2D eigenvalue weighted by Crippen LogP contribution is 2.26. The molecule has 136 valence electrons. The molecule has 0 amide bonds. The number of aldehydes is 1. The number of anilines is 1. The Morgan fingerprint density at radius 2 is 1.96 bits per heavy atom. The van der Waals surface area contributed by atoms with E-state index in [1.165, 1.54) is 4.40 Å². The number of hydrogen-bond acceptors (Lipinski definition) is 4. The van der Waals surface area contributed by atoms with Gasteiger partial charge in [0.25, 0.3) is 5.56 Å². The predicted octanol–water partition coefficient (Wildman–Crippen LogP) is 3.62. The fraction of sp³-hybridized carbons (Fsp3) is 0.227. The molecule has 0 saturated carbocycles. The largest absolute Gasteiger partial charge is 0.345 e. The zero-order valence-electron chi connectivity index (χ0n) is 15.0. The van der Waals surface area contributed by atoms with Gasteiger partial charge in [0.2, 0.25) is 0 Å². The number of hydrogen-bond donors (Lipinski definition) is 0. The summed E-state index contributed by atoms with van der Waals surface area (Å²) in [5.41, 5.74) is 1.43. The van der Waals surface area contributed by atoms with E-state index in [0.717, 1.165) is 24.8 Å². The smallest absolute Gasteiger partial charge is 0.270 e. The molecule has 27 heavy (non-hydrogen) atoms. The van der Waals surface area contributed by atoms with Crippen LogP contribution in [0.15, 0.2) is 71.7 Å². The van der Waals surface area contributed by atoms with Crippen molar-refractivity contribution < 1.29 is 4.79 Å². The number of carbonyl (C=O) groups excluding carboxylic acids is 1. The minimum atomic E-state index is -0.330. The minimum Gasteiger partial charge on any atom is -0.345 e. The second-order valence-electron chi connectivity index (χ2n) is 6.74. The first-order chi connectivity index (χ1) is 13.3. The maximum Gasteiger partial charge on any atom is 0.270 e. The van der Waals surface area contributed by atoms with Gasteiger partial charge < -0.3 is 4.90 Å². The van der Waals surface area contributed by atoms with Crippen LogP contribution in [0.3, 0.4) is 0 Å². The van der Waals surface area contributed by atoms with E-state index >= 15 is 0 Å². The Hall–Kier alpha value is -3.21. The molecular weight excluding hydrogens is 338 g/mol. The van der Waals surface area contributed by atoms with E-state index in [1.807, 2.05) is 36.4 Å². The van der Waals surface area contributed by atoms with Gasteiger partial charge in [-0.3, -0.25) is 14.0 Å². The molecule has 4 rings (SSSR count). The third kappa shape index (κ3) is 3.40. The van der Waals surface area contributed by atoms with Crippen molar-refractivity contribution in [3.8, 4) is 0 Å². The van der Waals surface area contributed by atoms with Gasteiger partial charge >= 0.3 is 0 Å². The molecule has 1 aliphatic carbocycles. The van der Waals surface area contributed by atoms with Crippen LogP contribution in [0.2, 0.25) is 0 Å². The van der Waals surface area contributed by atoms with Crippen LogP contribution in [0.4, 0.5) is 5.82 Å². The van der Waals surface area contributed by atoms with Gasteiger partial charge in [-0.15, -0.1) is 0 Å². The summed E-state index contributed by atoms with van der Waals surface area (Å²) < 4.78 is 1.42. The molecule has 2 aromatic heterocycles. The van der Waals surface area contributed by atoms with Crippen LogP contribution >= 0.6 is 0 Å². The molecule has 1 unspecified atom stereocenters. The fourth-order valence-corrected chi connectivity index (χ4v) is 3.60.